The van der Waals surface area contributed by atoms with Gasteiger partial charge in [0, 0.05) is 29.8 Å². The molecule has 2 bridgehead atoms. The minimum atomic E-state index is -0.716. The Labute approximate surface area is 146 Å². The van der Waals surface area contributed by atoms with Gasteiger partial charge in [-0.3, -0.25) is 4.79 Å². The summed E-state index contributed by atoms with van der Waals surface area (Å²) in [6, 6.07) is 8.29. The maximum absolute atomic E-state index is 13.1. The molecule has 25 heavy (non-hydrogen) atoms. The molecule has 0 saturated carbocycles. The highest BCUT2D eigenvalue weighted by atomic mass is 16.5. The monoisotopic (exact) mass is 338 g/mol. The number of nitrogens with one attached hydrogen (secondary N) is 1. The Morgan fingerprint density at radius 1 is 1.44 bits per heavy atom. The smallest absolute Gasteiger partial charge is 0.231 e. The van der Waals surface area contributed by atoms with Gasteiger partial charge in [0.2, 0.25) is 5.91 Å². The molecule has 5 nitrogen and oxygen atoms in total. The summed E-state index contributed by atoms with van der Waals surface area (Å²) >= 11 is 0. The first-order valence-corrected chi connectivity index (χ1v) is 9.01. The molecule has 3 aliphatic heterocycles. The number of para-hydroxylation sites is 1. The number of carbonyl (C=O) groups excluding carboxylic acids is 1. The lowest BCUT2D eigenvalue weighted by Gasteiger charge is -2.56. The molecule has 3 atom stereocenters. The normalized spacial score (nSPS) is 32.8. The lowest BCUT2D eigenvalue weighted by atomic mass is 9.71. The molecule has 0 radical (unpaired) electrons. The van der Waals surface area contributed by atoms with Gasteiger partial charge in [0.05, 0.1) is 24.8 Å². The summed E-state index contributed by atoms with van der Waals surface area (Å²) in [4.78, 5) is 18.5. The van der Waals surface area contributed by atoms with Crippen LogP contribution in [0.1, 0.15) is 24.6 Å². The highest BCUT2D eigenvalue weighted by Crippen LogP contribution is 2.52. The molecule has 1 spiro atoms. The molecule has 2 fully saturated rings. The highest BCUT2D eigenvalue weighted by molar-refractivity contribution is 5.87. The molecule has 1 aromatic carbocycles. The van der Waals surface area contributed by atoms with Crippen LogP contribution in [0, 0.1) is 11.8 Å². The van der Waals surface area contributed by atoms with E-state index in [1.165, 1.54) is 10.9 Å². The standard InChI is InChI=1S/C20H22N2O3/c1-2-12-11-25-20-9-15(12)16(10-23)19(24)22(20)8-7-14-13-5-3-4-6-17(13)21-18(14)20/h2-6,15-16,21,23H,7-11H2,1H3/b12-2-/t15-,16-,20+/m0/s1. The second-order valence-electron chi connectivity index (χ2n) is 7.30. The van der Waals surface area contributed by atoms with Crippen molar-refractivity contribution in [1.29, 1.82) is 0 Å². The van der Waals surface area contributed by atoms with Gasteiger partial charge in [0.25, 0.3) is 0 Å². The Morgan fingerprint density at radius 3 is 3.08 bits per heavy atom. The maximum Gasteiger partial charge on any atom is 0.231 e. The van der Waals surface area contributed by atoms with Crippen LogP contribution < -0.4 is 0 Å². The molecule has 2 aromatic rings. The summed E-state index contributed by atoms with van der Waals surface area (Å²) in [7, 11) is 0. The van der Waals surface area contributed by atoms with Gasteiger partial charge in [-0.15, -0.1) is 0 Å². The number of aliphatic hydroxyl groups excluding tert-OH is 1. The second-order valence-corrected chi connectivity index (χ2v) is 7.30. The molecule has 5 heteroatoms. The number of hydrogen-bond donors (Lipinski definition) is 2. The minimum Gasteiger partial charge on any atom is -0.396 e. The van der Waals surface area contributed by atoms with Gasteiger partial charge in [-0.25, -0.2) is 0 Å². The molecule has 1 aromatic heterocycles. The van der Waals surface area contributed by atoms with Crippen LogP contribution in [0.4, 0.5) is 0 Å². The quantitative estimate of drug-likeness (QED) is 0.784. The van der Waals surface area contributed by atoms with Crippen LogP contribution in [0.2, 0.25) is 0 Å². The van der Waals surface area contributed by atoms with Gasteiger partial charge in [-0.2, -0.15) is 0 Å². The lowest BCUT2D eigenvalue weighted by molar-refractivity contribution is -0.225. The van der Waals surface area contributed by atoms with E-state index < -0.39 is 5.72 Å². The van der Waals surface area contributed by atoms with E-state index in [1.807, 2.05) is 24.0 Å². The topological polar surface area (TPSA) is 65.6 Å². The van der Waals surface area contributed by atoms with Crippen molar-refractivity contribution < 1.29 is 14.6 Å². The molecule has 3 aliphatic rings. The third-order valence-electron chi connectivity index (χ3n) is 6.31. The van der Waals surface area contributed by atoms with Crippen LogP contribution >= 0.6 is 0 Å². The van der Waals surface area contributed by atoms with E-state index in [9.17, 15) is 9.90 Å². The highest BCUT2D eigenvalue weighted by Gasteiger charge is 2.58. The molecule has 4 heterocycles. The fraction of sp³-hybridized carbons (Fsp3) is 0.450. The van der Waals surface area contributed by atoms with Gasteiger partial charge < -0.3 is 19.7 Å². The zero-order valence-electron chi connectivity index (χ0n) is 14.3. The van der Waals surface area contributed by atoms with Crippen molar-refractivity contribution in [3.05, 3.63) is 47.2 Å². The van der Waals surface area contributed by atoms with Gasteiger partial charge >= 0.3 is 0 Å². The Kier molecular flexibility index (Phi) is 3.15. The fourth-order valence-electron chi connectivity index (χ4n) is 5.06. The van der Waals surface area contributed by atoms with Crippen LogP contribution in [0.15, 0.2) is 35.9 Å². The third-order valence-corrected chi connectivity index (χ3v) is 6.31. The minimum absolute atomic E-state index is 0.0158. The van der Waals surface area contributed by atoms with Crippen molar-refractivity contribution in [2.45, 2.75) is 25.5 Å². The number of hydrogen-bond acceptors (Lipinski definition) is 3. The number of ether oxygens (including phenoxy) is 1. The summed E-state index contributed by atoms with van der Waals surface area (Å²) < 4.78 is 6.39. The zero-order chi connectivity index (χ0) is 17.2. The second kappa shape index (κ2) is 5.19. The Balaban J connectivity index is 1.72. The van der Waals surface area contributed by atoms with Crippen LogP contribution in [0.25, 0.3) is 10.9 Å². The van der Waals surface area contributed by atoms with Crippen molar-refractivity contribution in [2.24, 2.45) is 11.8 Å². The van der Waals surface area contributed by atoms with E-state index in [-0.39, 0.29) is 24.3 Å². The summed E-state index contributed by atoms with van der Waals surface area (Å²) in [6.45, 7) is 3.03. The molecular formula is C20H22N2O3. The third kappa shape index (κ3) is 1.82. The maximum atomic E-state index is 13.1. The first-order chi connectivity index (χ1) is 12.2. The molecule has 5 rings (SSSR count). The molecule has 2 saturated heterocycles. The van der Waals surface area contributed by atoms with Crippen LogP contribution in [-0.2, 0) is 21.7 Å². The lowest BCUT2D eigenvalue weighted by Crippen LogP contribution is -2.65. The summed E-state index contributed by atoms with van der Waals surface area (Å²) in [6.07, 6.45) is 3.57. The van der Waals surface area contributed by atoms with E-state index in [1.54, 1.807) is 0 Å². The van der Waals surface area contributed by atoms with Crippen LogP contribution in [0.3, 0.4) is 0 Å². The molecular weight excluding hydrogens is 316 g/mol. The zero-order valence-corrected chi connectivity index (χ0v) is 14.3. The molecule has 0 aliphatic carbocycles. The van der Waals surface area contributed by atoms with E-state index in [2.05, 4.69) is 23.2 Å². The van der Waals surface area contributed by atoms with Crippen molar-refractivity contribution in [2.75, 3.05) is 19.8 Å². The average Bonchev–Trinajstić information content (AvgIpc) is 3.02. The molecule has 0 unspecified atom stereocenters. The number of aromatic nitrogens is 1. The van der Waals surface area contributed by atoms with Crippen LogP contribution in [0.5, 0.6) is 0 Å². The summed E-state index contributed by atoms with van der Waals surface area (Å²) in [5, 5.41) is 11.1. The van der Waals surface area contributed by atoms with E-state index >= 15 is 0 Å². The first-order valence-electron chi connectivity index (χ1n) is 9.01. The fourth-order valence-corrected chi connectivity index (χ4v) is 5.06. The van der Waals surface area contributed by atoms with Crippen molar-refractivity contribution >= 4 is 16.8 Å². The predicted octanol–water partition coefficient (Wildman–Crippen LogP) is 2.31. The Bertz CT molecular complexity index is 899. The van der Waals surface area contributed by atoms with Crippen molar-refractivity contribution in [3.8, 4) is 0 Å². The first kappa shape index (κ1) is 15.2. The average molecular weight is 338 g/mol. The molecule has 130 valence electrons. The molecule has 1 amide bonds. The van der Waals surface area contributed by atoms with E-state index in [0.717, 1.165) is 23.2 Å². The summed E-state index contributed by atoms with van der Waals surface area (Å²) in [5.41, 5.74) is 3.81. The van der Waals surface area contributed by atoms with E-state index in [4.69, 9.17) is 4.74 Å². The predicted molar refractivity (Wildman–Crippen MR) is 93.8 cm³/mol. The largest absolute Gasteiger partial charge is 0.396 e. The van der Waals surface area contributed by atoms with Gasteiger partial charge in [-0.1, -0.05) is 24.3 Å². The number of piperidine rings is 1. The summed E-state index contributed by atoms with van der Waals surface area (Å²) in [5.74, 6) is -0.291. The van der Waals surface area contributed by atoms with Crippen molar-refractivity contribution in [1.82, 2.24) is 9.88 Å². The molecule has 2 N–H and O–H groups in total. The number of benzene rings is 1. The van der Waals surface area contributed by atoms with Crippen molar-refractivity contribution in [3.63, 3.8) is 0 Å². The number of H-pyrrole nitrogens is 1. The number of aliphatic hydroxyl groups is 1. The number of fused-ring (bicyclic) bond motifs is 4. The van der Waals surface area contributed by atoms with E-state index in [0.29, 0.717) is 19.6 Å². The SMILES string of the molecule is C/C=C1/CO[C@@]23C[C@@H]1[C@H](CO)C(=O)N2CCc1c3[nH]c2ccccc12. The number of carbonyl (C=O) groups is 1. The van der Waals surface area contributed by atoms with Crippen LogP contribution in [-0.4, -0.2) is 40.7 Å². The number of nitrogens with zero attached hydrogens (tertiary/aromatic N) is 1. The van der Waals surface area contributed by atoms with Gasteiger partial charge in [0.15, 0.2) is 5.72 Å². The Morgan fingerprint density at radius 2 is 2.28 bits per heavy atom. The van der Waals surface area contributed by atoms with Gasteiger partial charge in [0.1, 0.15) is 0 Å². The van der Waals surface area contributed by atoms with Gasteiger partial charge in [-0.05, 0) is 30.5 Å². The Hall–Kier alpha value is -2.11. The number of allylic oxidation sites excluding steroid dienone is 1. The number of aromatic amines is 1. The number of rotatable bonds is 1. The number of amides is 1.